The minimum atomic E-state index is 0.582. The molecule has 56 heavy (non-hydrogen) atoms. The zero-order valence-electron chi connectivity index (χ0n) is 30.0. The molecule has 6 heteroatoms. The van der Waals surface area contributed by atoms with Crippen LogP contribution < -0.4 is 0 Å². The van der Waals surface area contributed by atoms with Gasteiger partial charge in [0, 0.05) is 50.3 Å². The Kier molecular flexibility index (Phi) is 7.38. The van der Waals surface area contributed by atoms with E-state index in [1.165, 1.54) is 0 Å². The molecule has 11 aromatic rings. The number of benzene rings is 7. The predicted octanol–water partition coefficient (Wildman–Crippen LogP) is 12.6. The monoisotopic (exact) mass is 717 g/mol. The van der Waals surface area contributed by atoms with E-state index >= 15 is 0 Å². The fourth-order valence-electron chi connectivity index (χ4n) is 7.91. The molecule has 0 fully saturated rings. The summed E-state index contributed by atoms with van der Waals surface area (Å²) < 4.78 is 9.11. The van der Waals surface area contributed by atoms with E-state index in [4.69, 9.17) is 24.4 Å². The third-order valence-electron chi connectivity index (χ3n) is 10.5. The summed E-state index contributed by atoms with van der Waals surface area (Å²) in [4.78, 5) is 20.1. The fourth-order valence-corrected chi connectivity index (χ4v) is 7.91. The molecular weight excluding hydrogens is 687 g/mol. The number of aromatic nitrogens is 5. The molecule has 0 unspecified atom stereocenters. The number of rotatable bonds is 6. The highest BCUT2D eigenvalue weighted by Gasteiger charge is 2.22. The van der Waals surface area contributed by atoms with Gasteiger partial charge in [0.05, 0.1) is 16.6 Å². The third-order valence-corrected chi connectivity index (χ3v) is 10.5. The van der Waals surface area contributed by atoms with Crippen molar-refractivity contribution in [1.29, 1.82) is 0 Å². The number of hydrogen-bond donors (Lipinski definition) is 0. The molecule has 0 aliphatic heterocycles. The van der Waals surface area contributed by atoms with Crippen LogP contribution in [0.5, 0.6) is 0 Å². The molecule has 0 saturated carbocycles. The van der Waals surface area contributed by atoms with Crippen LogP contribution in [0, 0.1) is 0 Å². The van der Waals surface area contributed by atoms with E-state index in [-0.39, 0.29) is 0 Å². The zero-order chi connectivity index (χ0) is 37.0. The Morgan fingerprint density at radius 3 is 1.73 bits per heavy atom. The van der Waals surface area contributed by atoms with Gasteiger partial charge in [-0.3, -0.25) is 4.98 Å². The number of pyridine rings is 1. The SMILES string of the molecule is c1ccc(-c2nc(-c3ccccc3)nc(-c3cccc4oc5c(-c6ccccc6)cc(-c6ccc7c(c6)c6ncccc6n7-c6ccccc6)cc5c34)n2)cc1. The van der Waals surface area contributed by atoms with Gasteiger partial charge in [-0.1, -0.05) is 127 Å². The van der Waals surface area contributed by atoms with Gasteiger partial charge >= 0.3 is 0 Å². The van der Waals surface area contributed by atoms with Crippen LogP contribution in [0.25, 0.3) is 106 Å². The van der Waals surface area contributed by atoms with Gasteiger partial charge in [0.15, 0.2) is 17.5 Å². The van der Waals surface area contributed by atoms with Gasteiger partial charge < -0.3 is 8.98 Å². The van der Waals surface area contributed by atoms with Crippen molar-refractivity contribution >= 4 is 43.9 Å². The standard InChI is InChI=1S/C50H31N5O/c1-5-15-32(16-6-1)39-30-36(35-26-27-42-40(29-35)46-43(24-14-28-51-46)55(42)37-21-11-4-12-22-37)31-41-45-38(23-13-25-44(45)56-47(39)41)50-53-48(33-17-7-2-8-18-33)52-49(54-50)34-19-9-3-10-20-34/h1-31H. The minimum absolute atomic E-state index is 0.582. The molecule has 6 nitrogen and oxygen atoms in total. The van der Waals surface area contributed by atoms with E-state index in [1.54, 1.807) is 0 Å². The van der Waals surface area contributed by atoms with Crippen molar-refractivity contribution in [1.82, 2.24) is 24.5 Å². The molecule has 262 valence electrons. The second-order valence-electron chi connectivity index (χ2n) is 13.9. The highest BCUT2D eigenvalue weighted by atomic mass is 16.3. The van der Waals surface area contributed by atoms with Crippen LogP contribution in [-0.2, 0) is 0 Å². The average Bonchev–Trinajstić information content (AvgIpc) is 3.83. The van der Waals surface area contributed by atoms with Crippen LogP contribution in [0.2, 0.25) is 0 Å². The zero-order valence-corrected chi connectivity index (χ0v) is 30.0. The number of nitrogens with zero attached hydrogens (tertiary/aromatic N) is 5. The molecule has 0 aliphatic carbocycles. The molecule has 0 N–H and O–H groups in total. The first-order valence-electron chi connectivity index (χ1n) is 18.6. The van der Waals surface area contributed by atoms with Crippen LogP contribution in [0.1, 0.15) is 0 Å². The third kappa shape index (κ3) is 5.27. The fraction of sp³-hybridized carbons (Fsp3) is 0. The lowest BCUT2D eigenvalue weighted by molar-refractivity contribution is 0.670. The maximum atomic E-state index is 6.82. The summed E-state index contributed by atoms with van der Waals surface area (Å²) >= 11 is 0. The number of hydrogen-bond acceptors (Lipinski definition) is 5. The first-order chi connectivity index (χ1) is 27.8. The Hall–Kier alpha value is -7.70. The Labute approximate surface area is 322 Å². The molecule has 4 heterocycles. The van der Waals surface area contributed by atoms with E-state index in [9.17, 15) is 0 Å². The minimum Gasteiger partial charge on any atom is -0.455 e. The summed E-state index contributed by atoms with van der Waals surface area (Å²) in [6.45, 7) is 0. The highest BCUT2D eigenvalue weighted by molar-refractivity contribution is 6.16. The Balaban J connectivity index is 1.17. The molecule has 0 amide bonds. The van der Waals surface area contributed by atoms with Crippen molar-refractivity contribution in [2.45, 2.75) is 0 Å². The predicted molar refractivity (Wildman–Crippen MR) is 226 cm³/mol. The van der Waals surface area contributed by atoms with Crippen LogP contribution in [-0.4, -0.2) is 24.5 Å². The first kappa shape index (κ1) is 31.8. The smallest absolute Gasteiger partial charge is 0.164 e. The van der Waals surface area contributed by atoms with Crippen molar-refractivity contribution < 1.29 is 4.42 Å². The quantitative estimate of drug-likeness (QED) is 0.171. The van der Waals surface area contributed by atoms with Crippen molar-refractivity contribution in [2.24, 2.45) is 0 Å². The molecule has 0 atom stereocenters. The molecule has 4 aromatic heterocycles. The van der Waals surface area contributed by atoms with Crippen LogP contribution in [0.3, 0.4) is 0 Å². The van der Waals surface area contributed by atoms with Gasteiger partial charge in [0.1, 0.15) is 11.2 Å². The van der Waals surface area contributed by atoms with E-state index in [0.29, 0.717) is 17.5 Å². The number of furan rings is 1. The summed E-state index contributed by atoms with van der Waals surface area (Å²) in [6.07, 6.45) is 1.87. The van der Waals surface area contributed by atoms with Gasteiger partial charge in [0.2, 0.25) is 0 Å². The summed E-state index contributed by atoms with van der Waals surface area (Å²) in [5.41, 5.74) is 12.8. The summed E-state index contributed by atoms with van der Waals surface area (Å²) in [5, 5.41) is 3.03. The molecule has 0 spiro atoms. The maximum Gasteiger partial charge on any atom is 0.164 e. The average molecular weight is 718 g/mol. The van der Waals surface area contributed by atoms with Crippen molar-refractivity contribution in [3.05, 3.63) is 188 Å². The van der Waals surface area contributed by atoms with E-state index < -0.39 is 0 Å². The maximum absolute atomic E-state index is 6.82. The van der Waals surface area contributed by atoms with E-state index in [2.05, 4.69) is 95.6 Å². The lowest BCUT2D eigenvalue weighted by Gasteiger charge is -2.11. The van der Waals surface area contributed by atoms with Gasteiger partial charge in [-0.25, -0.2) is 15.0 Å². The van der Waals surface area contributed by atoms with Gasteiger partial charge in [0.25, 0.3) is 0 Å². The van der Waals surface area contributed by atoms with Crippen molar-refractivity contribution in [3.63, 3.8) is 0 Å². The molecule has 0 saturated heterocycles. The van der Waals surface area contributed by atoms with Crippen LogP contribution >= 0.6 is 0 Å². The van der Waals surface area contributed by atoms with E-state index in [1.807, 2.05) is 97.2 Å². The summed E-state index contributed by atoms with van der Waals surface area (Å²) in [7, 11) is 0. The van der Waals surface area contributed by atoms with Crippen LogP contribution in [0.4, 0.5) is 0 Å². The molecule has 11 rings (SSSR count). The van der Waals surface area contributed by atoms with Gasteiger partial charge in [-0.05, 0) is 71.3 Å². The van der Waals surface area contributed by atoms with Gasteiger partial charge in [-0.15, -0.1) is 0 Å². The lowest BCUT2D eigenvalue weighted by atomic mass is 9.94. The highest BCUT2D eigenvalue weighted by Crippen LogP contribution is 2.44. The number of para-hydroxylation sites is 1. The molecule has 0 aliphatic rings. The number of fused-ring (bicyclic) bond motifs is 6. The lowest BCUT2D eigenvalue weighted by Crippen LogP contribution is -2.00. The summed E-state index contributed by atoms with van der Waals surface area (Å²) in [6, 6.07) is 62.5. The van der Waals surface area contributed by atoms with Crippen molar-refractivity contribution in [3.8, 4) is 62.1 Å². The Bertz CT molecular complexity index is 3170. The molecular formula is C50H31N5O. The molecule has 0 radical (unpaired) electrons. The van der Waals surface area contributed by atoms with Crippen molar-refractivity contribution in [2.75, 3.05) is 0 Å². The second kappa shape index (κ2) is 13.0. The largest absolute Gasteiger partial charge is 0.455 e. The van der Waals surface area contributed by atoms with Gasteiger partial charge in [-0.2, -0.15) is 0 Å². The molecule has 7 aromatic carbocycles. The van der Waals surface area contributed by atoms with Crippen LogP contribution in [0.15, 0.2) is 193 Å². The topological polar surface area (TPSA) is 69.6 Å². The summed E-state index contributed by atoms with van der Waals surface area (Å²) in [5.74, 6) is 1.81. The Morgan fingerprint density at radius 1 is 0.411 bits per heavy atom. The normalized spacial score (nSPS) is 11.6. The first-order valence-corrected chi connectivity index (χ1v) is 18.6. The Morgan fingerprint density at radius 2 is 1.04 bits per heavy atom. The molecule has 0 bridgehead atoms. The van der Waals surface area contributed by atoms with E-state index in [0.717, 1.165) is 88.5 Å². The second-order valence-corrected chi connectivity index (χ2v) is 13.9.